The highest BCUT2D eigenvalue weighted by molar-refractivity contribution is 7.09. The van der Waals surface area contributed by atoms with Gasteiger partial charge >= 0.3 is 6.03 Å². The molecule has 3 amide bonds. The third-order valence-electron chi connectivity index (χ3n) is 6.74. The maximum Gasteiger partial charge on any atom is 0.319 e. The van der Waals surface area contributed by atoms with Crippen molar-refractivity contribution in [3.8, 4) is 5.75 Å². The van der Waals surface area contributed by atoms with Gasteiger partial charge in [-0.1, -0.05) is 63.9 Å². The molecular weight excluding hydrogens is 484 g/mol. The van der Waals surface area contributed by atoms with Crippen molar-refractivity contribution in [3.63, 3.8) is 0 Å². The van der Waals surface area contributed by atoms with Gasteiger partial charge in [0.1, 0.15) is 23.1 Å². The van der Waals surface area contributed by atoms with Gasteiger partial charge in [0, 0.05) is 17.1 Å². The number of nitrogens with zero attached hydrogens (tertiary/aromatic N) is 1. The summed E-state index contributed by atoms with van der Waals surface area (Å²) >= 11 is 1.41. The zero-order valence-electron chi connectivity index (χ0n) is 21.8. The first-order valence-corrected chi connectivity index (χ1v) is 13.9. The zero-order chi connectivity index (χ0) is 26.2. The Hall–Kier alpha value is -3.39. The lowest BCUT2D eigenvalue weighted by atomic mass is 9.90. The number of anilines is 1. The van der Waals surface area contributed by atoms with Gasteiger partial charge in [-0.3, -0.25) is 4.79 Å². The van der Waals surface area contributed by atoms with Crippen molar-refractivity contribution in [3.05, 3.63) is 75.7 Å². The highest BCUT2D eigenvalue weighted by Crippen LogP contribution is 2.22. The molecule has 1 saturated carbocycles. The van der Waals surface area contributed by atoms with Crippen molar-refractivity contribution in [2.24, 2.45) is 0 Å². The number of hydrogen-bond acceptors (Lipinski definition) is 5. The number of aromatic nitrogens is 1. The maximum atomic E-state index is 13.0. The van der Waals surface area contributed by atoms with Crippen molar-refractivity contribution in [1.82, 2.24) is 15.6 Å². The maximum absolute atomic E-state index is 13.0. The van der Waals surface area contributed by atoms with Crippen LogP contribution < -0.4 is 20.7 Å². The fraction of sp³-hybridized carbons (Fsp3) is 0.414. The van der Waals surface area contributed by atoms with E-state index >= 15 is 0 Å². The first-order chi connectivity index (χ1) is 17.9. The lowest BCUT2D eigenvalue weighted by Gasteiger charge is -2.32. The number of rotatable bonds is 9. The van der Waals surface area contributed by atoms with Crippen LogP contribution in [0.3, 0.4) is 0 Å². The van der Waals surface area contributed by atoms with Crippen molar-refractivity contribution >= 4 is 29.0 Å². The molecule has 2 aromatic carbocycles. The topological polar surface area (TPSA) is 92.4 Å². The predicted octanol–water partition coefficient (Wildman–Crippen LogP) is 6.27. The van der Waals surface area contributed by atoms with E-state index in [1.54, 1.807) is 5.38 Å². The van der Waals surface area contributed by atoms with Gasteiger partial charge in [0.15, 0.2) is 0 Å². The molecule has 0 spiro atoms. The molecule has 0 radical (unpaired) electrons. The Morgan fingerprint density at radius 3 is 2.43 bits per heavy atom. The Morgan fingerprint density at radius 2 is 1.73 bits per heavy atom. The Morgan fingerprint density at radius 1 is 1.03 bits per heavy atom. The molecule has 3 N–H and O–H groups in total. The van der Waals surface area contributed by atoms with Crippen LogP contribution in [0, 0.1) is 0 Å². The summed E-state index contributed by atoms with van der Waals surface area (Å²) in [6.45, 7) is 6.69. The van der Waals surface area contributed by atoms with Gasteiger partial charge in [0.25, 0.3) is 5.91 Å². The molecule has 3 aromatic rings. The number of ether oxygens (including phenoxy) is 1. The average molecular weight is 521 g/mol. The van der Waals surface area contributed by atoms with E-state index in [4.69, 9.17) is 4.74 Å². The van der Waals surface area contributed by atoms with Crippen LogP contribution in [0.1, 0.15) is 79.0 Å². The predicted molar refractivity (Wildman–Crippen MR) is 148 cm³/mol. The minimum atomic E-state index is -0.249. The summed E-state index contributed by atoms with van der Waals surface area (Å²) < 4.78 is 5.86. The molecule has 1 aliphatic rings. The minimum Gasteiger partial charge on any atom is -0.486 e. The lowest BCUT2D eigenvalue weighted by Crippen LogP contribution is -2.54. The lowest BCUT2D eigenvalue weighted by molar-refractivity contribution is 0.0911. The fourth-order valence-electron chi connectivity index (χ4n) is 4.57. The van der Waals surface area contributed by atoms with E-state index < -0.39 is 0 Å². The summed E-state index contributed by atoms with van der Waals surface area (Å²) in [5.74, 6) is 1.03. The SMILES string of the molecule is CCc1ccccc1NC(=O)N[C@H]1CCCC[C@H]1NC(=O)c1csc(COc2ccc(C(C)C)cc2)n1. The van der Waals surface area contributed by atoms with E-state index in [2.05, 4.69) is 53.8 Å². The van der Waals surface area contributed by atoms with E-state index in [9.17, 15) is 9.59 Å². The van der Waals surface area contributed by atoms with Crippen LogP contribution in [0.15, 0.2) is 53.9 Å². The summed E-state index contributed by atoms with van der Waals surface area (Å²) in [5.41, 5.74) is 3.54. The monoisotopic (exact) mass is 520 g/mol. The van der Waals surface area contributed by atoms with Gasteiger partial charge in [0.05, 0.1) is 6.04 Å². The van der Waals surface area contributed by atoms with Gasteiger partial charge in [-0.2, -0.15) is 0 Å². The van der Waals surface area contributed by atoms with Crippen LogP contribution in [0.4, 0.5) is 10.5 Å². The van der Waals surface area contributed by atoms with Gasteiger partial charge in [-0.25, -0.2) is 9.78 Å². The minimum absolute atomic E-state index is 0.137. The second-order valence-corrected chi connectivity index (χ2v) is 10.7. The third-order valence-corrected chi connectivity index (χ3v) is 7.56. The molecule has 4 rings (SSSR count). The number of carbonyl (C=O) groups is 2. The molecule has 196 valence electrons. The number of nitrogens with one attached hydrogen (secondary N) is 3. The Balaban J connectivity index is 1.30. The molecule has 7 nitrogen and oxygen atoms in total. The zero-order valence-corrected chi connectivity index (χ0v) is 22.6. The number of carbonyl (C=O) groups excluding carboxylic acids is 2. The molecule has 8 heteroatoms. The Bertz CT molecular complexity index is 1190. The molecular formula is C29H36N4O3S. The number of urea groups is 1. The van der Waals surface area contributed by atoms with Gasteiger partial charge in [-0.05, 0) is 54.5 Å². The van der Waals surface area contributed by atoms with Crippen LogP contribution in [0.5, 0.6) is 5.75 Å². The van der Waals surface area contributed by atoms with E-state index in [1.807, 2.05) is 36.4 Å². The van der Waals surface area contributed by atoms with E-state index in [-0.39, 0.29) is 24.0 Å². The van der Waals surface area contributed by atoms with Gasteiger partial charge < -0.3 is 20.7 Å². The van der Waals surface area contributed by atoms with E-state index in [1.165, 1.54) is 16.9 Å². The van der Waals surface area contributed by atoms with Gasteiger partial charge in [-0.15, -0.1) is 11.3 Å². The second-order valence-electron chi connectivity index (χ2n) is 9.72. The van der Waals surface area contributed by atoms with Crippen LogP contribution in [0.25, 0.3) is 0 Å². The quantitative estimate of drug-likeness (QED) is 0.310. The highest BCUT2D eigenvalue weighted by atomic mass is 32.1. The van der Waals surface area contributed by atoms with Crippen molar-refractivity contribution < 1.29 is 14.3 Å². The molecule has 0 saturated heterocycles. The summed E-state index contributed by atoms with van der Waals surface area (Å²) in [7, 11) is 0. The summed E-state index contributed by atoms with van der Waals surface area (Å²) in [6, 6.07) is 15.3. The van der Waals surface area contributed by atoms with Crippen LogP contribution in [-0.4, -0.2) is 29.0 Å². The molecule has 2 atom stereocenters. The Labute approximate surface area is 223 Å². The van der Waals surface area contributed by atoms with E-state index in [0.29, 0.717) is 18.2 Å². The molecule has 0 unspecified atom stereocenters. The summed E-state index contributed by atoms with van der Waals surface area (Å²) in [5, 5.41) is 11.6. The average Bonchev–Trinajstić information content (AvgIpc) is 3.38. The number of aryl methyl sites for hydroxylation is 1. The third kappa shape index (κ3) is 7.32. The normalized spacial score (nSPS) is 17.3. The molecule has 0 bridgehead atoms. The summed E-state index contributed by atoms with van der Waals surface area (Å²) in [6.07, 6.45) is 4.49. The van der Waals surface area contributed by atoms with E-state index in [0.717, 1.165) is 54.1 Å². The largest absolute Gasteiger partial charge is 0.486 e. The Kier molecular flexibility index (Phi) is 9.17. The van der Waals surface area contributed by atoms with Crippen molar-refractivity contribution in [1.29, 1.82) is 0 Å². The molecule has 1 fully saturated rings. The number of hydrogen-bond donors (Lipinski definition) is 3. The number of amides is 3. The highest BCUT2D eigenvalue weighted by Gasteiger charge is 2.29. The summed E-state index contributed by atoms with van der Waals surface area (Å²) in [4.78, 5) is 30.2. The van der Waals surface area contributed by atoms with Crippen LogP contribution in [-0.2, 0) is 13.0 Å². The number of para-hydroxylation sites is 1. The first-order valence-electron chi connectivity index (χ1n) is 13.1. The molecule has 0 aliphatic heterocycles. The molecule has 37 heavy (non-hydrogen) atoms. The van der Waals surface area contributed by atoms with Crippen molar-refractivity contribution in [2.45, 2.75) is 77.5 Å². The molecule has 1 aliphatic carbocycles. The number of thiazole rings is 1. The molecule has 1 aromatic heterocycles. The second kappa shape index (κ2) is 12.7. The smallest absolute Gasteiger partial charge is 0.319 e. The van der Waals surface area contributed by atoms with Crippen LogP contribution >= 0.6 is 11.3 Å². The number of benzene rings is 2. The van der Waals surface area contributed by atoms with Crippen molar-refractivity contribution in [2.75, 3.05) is 5.32 Å². The standard InChI is InChI=1S/C29H36N4O3S/c1-4-20-9-5-6-10-23(20)32-29(35)33-25-12-8-7-11-24(25)31-28(34)26-18-37-27(30-26)17-36-22-15-13-21(14-16-22)19(2)3/h5-6,9-10,13-16,18-19,24-25H,4,7-8,11-12,17H2,1-3H3,(H,31,34)(H2,32,33,35)/t24-,25+/m1/s1. The van der Waals surface area contributed by atoms with Gasteiger partial charge in [0.2, 0.25) is 0 Å². The van der Waals surface area contributed by atoms with Crippen LogP contribution in [0.2, 0.25) is 0 Å². The fourth-order valence-corrected chi connectivity index (χ4v) is 5.26. The molecule has 1 heterocycles. The first kappa shape index (κ1) is 26.7.